The summed E-state index contributed by atoms with van der Waals surface area (Å²) in [6, 6.07) is 14.0. The molecule has 3 aromatic rings. The maximum atomic E-state index is 12.6. The summed E-state index contributed by atoms with van der Waals surface area (Å²) in [4.78, 5) is 16.6. The molecule has 3 rings (SSSR count). The number of benzene rings is 2. The van der Waals surface area contributed by atoms with Crippen LogP contribution in [0.2, 0.25) is 0 Å². The molecule has 1 aromatic heterocycles. The third kappa shape index (κ3) is 4.76. The Balaban J connectivity index is 1.59. The van der Waals surface area contributed by atoms with Gasteiger partial charge in [0.2, 0.25) is 0 Å². The van der Waals surface area contributed by atoms with E-state index in [0.717, 1.165) is 28.1 Å². The van der Waals surface area contributed by atoms with Crippen molar-refractivity contribution in [3.63, 3.8) is 0 Å². The van der Waals surface area contributed by atoms with Gasteiger partial charge in [-0.2, -0.15) is 0 Å². The molecule has 0 aliphatic rings. The van der Waals surface area contributed by atoms with Crippen molar-refractivity contribution in [1.82, 2.24) is 14.9 Å². The first-order valence-electron chi connectivity index (χ1n) is 9.15. The van der Waals surface area contributed by atoms with Gasteiger partial charge in [-0.05, 0) is 55.2 Å². The fraction of sp³-hybridized carbons (Fsp3) is 0.273. The van der Waals surface area contributed by atoms with E-state index in [-0.39, 0.29) is 5.91 Å². The molecule has 0 saturated carbocycles. The maximum absolute atomic E-state index is 12.6. The van der Waals surface area contributed by atoms with Gasteiger partial charge >= 0.3 is 0 Å². The van der Waals surface area contributed by atoms with Gasteiger partial charge in [0.25, 0.3) is 5.91 Å². The first-order chi connectivity index (χ1) is 13.1. The maximum Gasteiger partial charge on any atom is 0.261 e. The van der Waals surface area contributed by atoms with Crippen LogP contribution in [0, 0.1) is 13.8 Å². The Kier molecular flexibility index (Phi) is 5.91. The van der Waals surface area contributed by atoms with Gasteiger partial charge in [0, 0.05) is 24.6 Å². The number of aromatic nitrogens is 2. The zero-order valence-corrected chi connectivity index (χ0v) is 16.0. The number of carbonyl (C=O) groups excluding carboxylic acids is 1. The Morgan fingerprint density at radius 3 is 2.63 bits per heavy atom. The first-order valence-corrected chi connectivity index (χ1v) is 9.15. The largest absolute Gasteiger partial charge is 0.480 e. The fourth-order valence-corrected chi connectivity index (χ4v) is 2.81. The number of nitrogens with one attached hydrogen (secondary N) is 1. The van der Waals surface area contributed by atoms with Crippen molar-refractivity contribution in [3.8, 4) is 11.4 Å². The number of rotatable bonds is 7. The molecular formula is C22H25N3O2. The summed E-state index contributed by atoms with van der Waals surface area (Å²) in [5, 5.41) is 2.98. The number of nitrogens with zero attached hydrogens (tertiary/aromatic N) is 2. The van der Waals surface area contributed by atoms with Crippen molar-refractivity contribution in [2.45, 2.75) is 39.8 Å². The molecule has 0 spiro atoms. The molecule has 5 nitrogen and oxygen atoms in total. The van der Waals surface area contributed by atoms with Crippen molar-refractivity contribution < 1.29 is 9.53 Å². The predicted molar refractivity (Wildman–Crippen MR) is 106 cm³/mol. The molecule has 5 heteroatoms. The lowest BCUT2D eigenvalue weighted by atomic mass is 10.1. The van der Waals surface area contributed by atoms with Crippen molar-refractivity contribution in [2.24, 2.45) is 0 Å². The van der Waals surface area contributed by atoms with Gasteiger partial charge in [-0.1, -0.05) is 31.2 Å². The molecule has 1 N–H and O–H groups in total. The number of carbonyl (C=O) groups is 1. The van der Waals surface area contributed by atoms with E-state index in [1.807, 2.05) is 74.0 Å². The zero-order valence-electron chi connectivity index (χ0n) is 16.0. The second-order valence-corrected chi connectivity index (χ2v) is 6.64. The van der Waals surface area contributed by atoms with Crippen LogP contribution in [0.15, 0.2) is 61.2 Å². The molecule has 0 saturated heterocycles. The molecular weight excluding hydrogens is 338 g/mol. The van der Waals surface area contributed by atoms with Gasteiger partial charge in [-0.25, -0.2) is 4.98 Å². The SMILES string of the molecule is CC[C@H](Oc1cc(C)ccc1C)C(=O)NCc1ccc(-n2ccnc2)cc1. The normalized spacial score (nSPS) is 11.8. The molecule has 1 atom stereocenters. The van der Waals surface area contributed by atoms with Gasteiger partial charge in [0.05, 0.1) is 6.33 Å². The molecule has 0 aliphatic heterocycles. The van der Waals surface area contributed by atoms with E-state index in [9.17, 15) is 4.79 Å². The summed E-state index contributed by atoms with van der Waals surface area (Å²) in [7, 11) is 0. The molecule has 2 aromatic carbocycles. The highest BCUT2D eigenvalue weighted by molar-refractivity contribution is 5.81. The van der Waals surface area contributed by atoms with E-state index in [2.05, 4.69) is 10.3 Å². The van der Waals surface area contributed by atoms with Gasteiger partial charge in [0.1, 0.15) is 5.75 Å². The van der Waals surface area contributed by atoms with Crippen LogP contribution in [0.4, 0.5) is 0 Å². The molecule has 0 radical (unpaired) electrons. The lowest BCUT2D eigenvalue weighted by Gasteiger charge is -2.19. The number of hydrogen-bond donors (Lipinski definition) is 1. The Morgan fingerprint density at radius 2 is 1.96 bits per heavy atom. The van der Waals surface area contributed by atoms with Crippen molar-refractivity contribution in [3.05, 3.63) is 77.9 Å². The summed E-state index contributed by atoms with van der Waals surface area (Å²) in [5.41, 5.74) is 4.21. The van der Waals surface area contributed by atoms with Crippen molar-refractivity contribution in [2.75, 3.05) is 0 Å². The predicted octanol–water partition coefficient (Wildman–Crippen LogP) is 3.96. The number of imidazole rings is 1. The minimum atomic E-state index is -0.504. The molecule has 0 unspecified atom stereocenters. The number of ether oxygens (including phenoxy) is 1. The summed E-state index contributed by atoms with van der Waals surface area (Å²) in [6.07, 6.45) is 5.50. The average Bonchev–Trinajstić information content (AvgIpc) is 3.22. The second kappa shape index (κ2) is 8.54. The van der Waals surface area contributed by atoms with Crippen LogP contribution in [0.5, 0.6) is 5.75 Å². The zero-order chi connectivity index (χ0) is 19.2. The van der Waals surface area contributed by atoms with E-state index in [4.69, 9.17) is 4.74 Å². The highest BCUT2D eigenvalue weighted by Crippen LogP contribution is 2.21. The van der Waals surface area contributed by atoms with E-state index >= 15 is 0 Å². The van der Waals surface area contributed by atoms with E-state index in [1.165, 1.54) is 0 Å². The molecule has 0 aliphatic carbocycles. The summed E-state index contributed by atoms with van der Waals surface area (Å²) < 4.78 is 7.91. The Morgan fingerprint density at radius 1 is 1.19 bits per heavy atom. The van der Waals surface area contributed by atoms with Gasteiger partial charge in [-0.3, -0.25) is 4.79 Å². The van der Waals surface area contributed by atoms with Crippen molar-refractivity contribution in [1.29, 1.82) is 0 Å². The Bertz CT molecular complexity index is 886. The van der Waals surface area contributed by atoms with Crippen LogP contribution in [0.1, 0.15) is 30.0 Å². The molecule has 1 amide bonds. The smallest absolute Gasteiger partial charge is 0.261 e. The molecule has 0 fully saturated rings. The summed E-state index contributed by atoms with van der Waals surface area (Å²) in [5.74, 6) is 0.666. The lowest BCUT2D eigenvalue weighted by Crippen LogP contribution is -2.37. The van der Waals surface area contributed by atoms with E-state index in [0.29, 0.717) is 13.0 Å². The quantitative estimate of drug-likeness (QED) is 0.691. The summed E-state index contributed by atoms with van der Waals surface area (Å²) in [6.45, 7) is 6.42. The highest BCUT2D eigenvalue weighted by Gasteiger charge is 2.19. The van der Waals surface area contributed by atoms with Gasteiger partial charge in [0.15, 0.2) is 6.10 Å². The van der Waals surface area contributed by atoms with Crippen molar-refractivity contribution >= 4 is 5.91 Å². The van der Waals surface area contributed by atoms with Crippen LogP contribution < -0.4 is 10.1 Å². The standard InChI is InChI=1S/C22H25N3O2/c1-4-20(27-21-13-16(2)5-6-17(21)3)22(26)24-14-18-7-9-19(10-8-18)25-12-11-23-15-25/h5-13,15,20H,4,14H2,1-3H3,(H,24,26)/t20-/m0/s1. The molecule has 0 bridgehead atoms. The van der Waals surface area contributed by atoms with Gasteiger partial charge in [-0.15, -0.1) is 0 Å². The number of amides is 1. The first kappa shape index (κ1) is 18.7. The lowest BCUT2D eigenvalue weighted by molar-refractivity contribution is -0.128. The third-order valence-corrected chi connectivity index (χ3v) is 4.48. The van der Waals surface area contributed by atoms with E-state index in [1.54, 1.807) is 12.5 Å². The fourth-order valence-electron chi connectivity index (χ4n) is 2.81. The highest BCUT2D eigenvalue weighted by atomic mass is 16.5. The molecule has 1 heterocycles. The van der Waals surface area contributed by atoms with Gasteiger partial charge < -0.3 is 14.6 Å². The number of aryl methyl sites for hydroxylation is 2. The average molecular weight is 363 g/mol. The monoisotopic (exact) mass is 363 g/mol. The van der Waals surface area contributed by atoms with Crippen LogP contribution in [-0.2, 0) is 11.3 Å². The second-order valence-electron chi connectivity index (χ2n) is 6.64. The van der Waals surface area contributed by atoms with E-state index < -0.39 is 6.10 Å². The summed E-state index contributed by atoms with van der Waals surface area (Å²) >= 11 is 0. The van der Waals surface area contributed by atoms with Crippen LogP contribution >= 0.6 is 0 Å². The Hall–Kier alpha value is -3.08. The van der Waals surface area contributed by atoms with Crippen LogP contribution in [-0.4, -0.2) is 21.6 Å². The minimum absolute atomic E-state index is 0.0999. The number of hydrogen-bond acceptors (Lipinski definition) is 3. The van der Waals surface area contributed by atoms with Crippen LogP contribution in [0.3, 0.4) is 0 Å². The Labute approximate surface area is 160 Å². The topological polar surface area (TPSA) is 56.1 Å². The molecule has 27 heavy (non-hydrogen) atoms. The van der Waals surface area contributed by atoms with Crippen LogP contribution in [0.25, 0.3) is 5.69 Å². The molecule has 140 valence electrons. The minimum Gasteiger partial charge on any atom is -0.480 e. The third-order valence-electron chi connectivity index (χ3n) is 4.48.